The summed E-state index contributed by atoms with van der Waals surface area (Å²) in [4.78, 5) is 11.1. The second-order valence-corrected chi connectivity index (χ2v) is 5.94. The second kappa shape index (κ2) is 9.37. The summed E-state index contributed by atoms with van der Waals surface area (Å²) in [5.74, 6) is 0.625. The van der Waals surface area contributed by atoms with E-state index in [0.29, 0.717) is 24.4 Å². The number of ether oxygens (including phenoxy) is 1. The molecule has 0 aliphatic carbocycles. The third kappa shape index (κ3) is 8.51. The van der Waals surface area contributed by atoms with Crippen LogP contribution in [0.3, 0.4) is 0 Å². The van der Waals surface area contributed by atoms with E-state index in [1.165, 1.54) is 0 Å². The molecule has 0 spiro atoms. The molecule has 0 aliphatic heterocycles. The van der Waals surface area contributed by atoms with Crippen molar-refractivity contribution in [1.82, 2.24) is 5.32 Å². The first-order chi connectivity index (χ1) is 8.40. The van der Waals surface area contributed by atoms with Crippen LogP contribution >= 0.6 is 0 Å². The molecule has 0 unspecified atom stereocenters. The van der Waals surface area contributed by atoms with Gasteiger partial charge >= 0.3 is 5.97 Å². The summed E-state index contributed by atoms with van der Waals surface area (Å²) in [6, 6.07) is 0. The van der Waals surface area contributed by atoms with E-state index in [1.54, 1.807) is 0 Å². The molecule has 0 heterocycles. The zero-order valence-electron chi connectivity index (χ0n) is 12.8. The van der Waals surface area contributed by atoms with Crippen molar-refractivity contribution in [1.29, 1.82) is 0 Å². The number of esters is 1. The highest BCUT2D eigenvalue weighted by Crippen LogP contribution is 2.24. The minimum Gasteiger partial charge on any atom is -0.466 e. The van der Waals surface area contributed by atoms with Gasteiger partial charge < -0.3 is 10.1 Å². The first-order valence-electron chi connectivity index (χ1n) is 7.26. The lowest BCUT2D eigenvalue weighted by Crippen LogP contribution is -2.33. The third-order valence-electron chi connectivity index (χ3n) is 3.68. The Labute approximate surface area is 113 Å². The van der Waals surface area contributed by atoms with Crippen molar-refractivity contribution in [3.63, 3.8) is 0 Å². The molecule has 0 aromatic carbocycles. The molecule has 0 amide bonds. The van der Waals surface area contributed by atoms with E-state index in [4.69, 9.17) is 4.74 Å². The third-order valence-corrected chi connectivity index (χ3v) is 3.68. The number of hydrogen-bond acceptors (Lipinski definition) is 3. The Morgan fingerprint density at radius 1 is 1.22 bits per heavy atom. The fourth-order valence-electron chi connectivity index (χ4n) is 1.54. The molecule has 0 saturated heterocycles. The smallest absolute Gasteiger partial charge is 0.305 e. The number of carbonyl (C=O) groups is 1. The van der Waals surface area contributed by atoms with Gasteiger partial charge in [-0.3, -0.25) is 4.79 Å². The van der Waals surface area contributed by atoms with Gasteiger partial charge in [0.2, 0.25) is 0 Å². The van der Waals surface area contributed by atoms with E-state index in [9.17, 15) is 4.79 Å². The highest BCUT2D eigenvalue weighted by Gasteiger charge is 2.21. The van der Waals surface area contributed by atoms with Gasteiger partial charge in [0.05, 0.1) is 6.61 Å². The fraction of sp³-hybridized carbons (Fsp3) is 0.933. The van der Waals surface area contributed by atoms with Crippen molar-refractivity contribution in [2.45, 2.75) is 60.3 Å². The minimum atomic E-state index is -0.0635. The van der Waals surface area contributed by atoms with Crippen LogP contribution in [0, 0.1) is 11.3 Å². The molecule has 3 heteroatoms. The van der Waals surface area contributed by atoms with Crippen LogP contribution in [-0.2, 0) is 9.53 Å². The van der Waals surface area contributed by atoms with Crippen LogP contribution in [0.1, 0.15) is 60.3 Å². The van der Waals surface area contributed by atoms with Crippen LogP contribution in [-0.4, -0.2) is 25.7 Å². The molecule has 18 heavy (non-hydrogen) atoms. The van der Waals surface area contributed by atoms with Crippen molar-refractivity contribution in [2.75, 3.05) is 19.7 Å². The predicted octanol–water partition coefficient (Wildman–Crippen LogP) is 3.38. The van der Waals surface area contributed by atoms with Gasteiger partial charge in [-0.1, -0.05) is 34.1 Å². The minimum absolute atomic E-state index is 0.0635. The summed E-state index contributed by atoms with van der Waals surface area (Å²) in [6.45, 7) is 13.6. The van der Waals surface area contributed by atoms with Gasteiger partial charge in [0.1, 0.15) is 0 Å². The van der Waals surface area contributed by atoms with Crippen molar-refractivity contribution < 1.29 is 9.53 Å². The first kappa shape index (κ1) is 17.4. The average Bonchev–Trinajstić information content (AvgIpc) is 2.27. The second-order valence-electron chi connectivity index (χ2n) is 5.94. The van der Waals surface area contributed by atoms with E-state index in [0.717, 1.165) is 32.4 Å². The summed E-state index contributed by atoms with van der Waals surface area (Å²) < 4.78 is 4.89. The van der Waals surface area contributed by atoms with Crippen molar-refractivity contribution in [3.05, 3.63) is 0 Å². The molecule has 3 nitrogen and oxygen atoms in total. The number of rotatable bonds is 10. The molecule has 0 aromatic heterocycles. The molecule has 0 atom stereocenters. The maximum atomic E-state index is 11.1. The molecule has 0 rings (SSSR count). The number of nitrogens with one attached hydrogen (secondary N) is 1. The van der Waals surface area contributed by atoms with E-state index < -0.39 is 0 Å². The topological polar surface area (TPSA) is 38.3 Å². The summed E-state index contributed by atoms with van der Waals surface area (Å²) in [5, 5.41) is 3.50. The lowest BCUT2D eigenvalue weighted by atomic mass is 9.81. The van der Waals surface area contributed by atoms with Crippen molar-refractivity contribution >= 4 is 5.97 Å². The molecular weight excluding hydrogens is 226 g/mol. The first-order valence-corrected chi connectivity index (χ1v) is 7.26. The van der Waals surface area contributed by atoms with Gasteiger partial charge in [0.15, 0.2) is 0 Å². The quantitative estimate of drug-likeness (QED) is 0.481. The SMILES string of the molecule is CCOC(=O)CCCCCNCC(C)(C)C(C)C. The Morgan fingerprint density at radius 2 is 1.89 bits per heavy atom. The van der Waals surface area contributed by atoms with E-state index in [-0.39, 0.29) is 5.97 Å². The maximum Gasteiger partial charge on any atom is 0.305 e. The lowest BCUT2D eigenvalue weighted by molar-refractivity contribution is -0.143. The Kier molecular flexibility index (Phi) is 9.08. The normalized spacial score (nSPS) is 11.9. The fourth-order valence-corrected chi connectivity index (χ4v) is 1.54. The Balaban J connectivity index is 3.39. The van der Waals surface area contributed by atoms with E-state index in [2.05, 4.69) is 33.0 Å². The van der Waals surface area contributed by atoms with Crippen LogP contribution in [0.15, 0.2) is 0 Å². The largest absolute Gasteiger partial charge is 0.466 e. The number of hydrogen-bond donors (Lipinski definition) is 1. The lowest BCUT2D eigenvalue weighted by Gasteiger charge is -2.29. The number of carbonyl (C=O) groups excluding carboxylic acids is 1. The van der Waals surface area contributed by atoms with Crippen LogP contribution in [0.4, 0.5) is 0 Å². The van der Waals surface area contributed by atoms with Gasteiger partial charge in [-0.15, -0.1) is 0 Å². The predicted molar refractivity (Wildman–Crippen MR) is 76.6 cm³/mol. The van der Waals surface area contributed by atoms with Crippen molar-refractivity contribution in [3.8, 4) is 0 Å². The highest BCUT2D eigenvalue weighted by atomic mass is 16.5. The molecular formula is C15H31NO2. The zero-order chi connectivity index (χ0) is 14.0. The van der Waals surface area contributed by atoms with Gasteiger partial charge in [0, 0.05) is 13.0 Å². The number of unbranched alkanes of at least 4 members (excludes halogenated alkanes) is 2. The standard InChI is InChI=1S/C15H31NO2/c1-6-18-14(17)10-8-7-9-11-16-12-15(4,5)13(2)3/h13,16H,6-12H2,1-5H3. The van der Waals surface area contributed by atoms with E-state index >= 15 is 0 Å². The molecule has 0 aromatic rings. The monoisotopic (exact) mass is 257 g/mol. The Bertz CT molecular complexity index is 225. The van der Waals surface area contributed by atoms with Crippen LogP contribution in [0.5, 0.6) is 0 Å². The van der Waals surface area contributed by atoms with Crippen molar-refractivity contribution in [2.24, 2.45) is 11.3 Å². The summed E-state index contributed by atoms with van der Waals surface area (Å²) in [5.41, 5.74) is 0.352. The molecule has 0 radical (unpaired) electrons. The molecule has 1 N–H and O–H groups in total. The van der Waals surface area contributed by atoms with Crippen LogP contribution in [0.25, 0.3) is 0 Å². The zero-order valence-corrected chi connectivity index (χ0v) is 12.8. The van der Waals surface area contributed by atoms with Crippen LogP contribution in [0.2, 0.25) is 0 Å². The average molecular weight is 257 g/mol. The van der Waals surface area contributed by atoms with Gasteiger partial charge in [-0.2, -0.15) is 0 Å². The maximum absolute atomic E-state index is 11.1. The molecule has 108 valence electrons. The van der Waals surface area contributed by atoms with E-state index in [1.807, 2.05) is 6.92 Å². The molecule has 0 fully saturated rings. The van der Waals surface area contributed by atoms with Gasteiger partial charge in [0.25, 0.3) is 0 Å². The molecule has 0 saturated carbocycles. The summed E-state index contributed by atoms with van der Waals surface area (Å²) in [6.07, 6.45) is 3.72. The molecule has 0 aliphatic rings. The molecule has 0 bridgehead atoms. The van der Waals surface area contributed by atoms with Gasteiger partial charge in [-0.25, -0.2) is 0 Å². The summed E-state index contributed by atoms with van der Waals surface area (Å²) in [7, 11) is 0. The Morgan fingerprint density at radius 3 is 2.44 bits per heavy atom. The summed E-state index contributed by atoms with van der Waals surface area (Å²) >= 11 is 0. The van der Waals surface area contributed by atoms with Crippen LogP contribution < -0.4 is 5.32 Å². The highest BCUT2D eigenvalue weighted by molar-refractivity contribution is 5.69. The Hall–Kier alpha value is -0.570. The van der Waals surface area contributed by atoms with Gasteiger partial charge in [-0.05, 0) is 37.6 Å².